The van der Waals surface area contributed by atoms with E-state index in [9.17, 15) is 4.79 Å². The Morgan fingerprint density at radius 1 is 1.00 bits per heavy atom. The van der Waals surface area contributed by atoms with Crippen molar-refractivity contribution < 1.29 is 14.3 Å². The summed E-state index contributed by atoms with van der Waals surface area (Å²) in [6.45, 7) is 0.236. The van der Waals surface area contributed by atoms with E-state index < -0.39 is 0 Å². The molecule has 0 radical (unpaired) electrons. The molecule has 2 aromatic carbocycles. The Morgan fingerprint density at radius 2 is 1.82 bits per heavy atom. The lowest BCUT2D eigenvalue weighted by Crippen LogP contribution is -2.44. The van der Waals surface area contributed by atoms with Gasteiger partial charge in [0.2, 0.25) is 6.79 Å². The van der Waals surface area contributed by atoms with E-state index in [1.165, 1.54) is 17.4 Å². The van der Waals surface area contributed by atoms with Crippen molar-refractivity contribution in [3.05, 3.63) is 59.3 Å². The maximum Gasteiger partial charge on any atom is 0.252 e. The molecule has 0 spiro atoms. The van der Waals surface area contributed by atoms with Gasteiger partial charge in [0.25, 0.3) is 5.91 Å². The minimum atomic E-state index is -0.276. The van der Waals surface area contributed by atoms with Gasteiger partial charge in [0.1, 0.15) is 6.04 Å². The van der Waals surface area contributed by atoms with Gasteiger partial charge in [-0.05, 0) is 54.4 Å². The molecule has 168 valence electrons. The summed E-state index contributed by atoms with van der Waals surface area (Å²) in [7, 11) is 0. The van der Waals surface area contributed by atoms with Gasteiger partial charge in [-0.1, -0.05) is 43.5 Å². The minimum Gasteiger partial charge on any atom is -0.454 e. The molecular formula is C26H25N3O3S. The zero-order chi connectivity index (χ0) is 22.1. The van der Waals surface area contributed by atoms with Crippen LogP contribution in [0.4, 0.5) is 0 Å². The average Bonchev–Trinajstić information content (AvgIpc) is 3.53. The van der Waals surface area contributed by atoms with Crippen LogP contribution < -0.4 is 9.47 Å². The van der Waals surface area contributed by atoms with Gasteiger partial charge in [-0.2, -0.15) is 0 Å². The van der Waals surface area contributed by atoms with Crippen LogP contribution in [0.15, 0.2) is 42.5 Å². The number of fused-ring (bicyclic) bond motifs is 5. The number of nitrogens with one attached hydrogen (secondary N) is 1. The summed E-state index contributed by atoms with van der Waals surface area (Å²) in [6, 6.07) is 14.2. The normalized spacial score (nSPS) is 24.5. The van der Waals surface area contributed by atoms with E-state index >= 15 is 0 Å². The second-order valence-corrected chi connectivity index (χ2v) is 9.85. The van der Waals surface area contributed by atoms with Crippen LogP contribution in [0.1, 0.15) is 55.0 Å². The number of aromatic amines is 1. The lowest BCUT2D eigenvalue weighted by atomic mass is 9.88. The number of carbonyl (C=O) groups excluding carboxylic acids is 1. The number of amides is 1. The summed E-state index contributed by atoms with van der Waals surface area (Å²) < 4.78 is 11.2. The predicted molar refractivity (Wildman–Crippen MR) is 128 cm³/mol. The average molecular weight is 460 g/mol. The molecule has 1 aliphatic carbocycles. The van der Waals surface area contributed by atoms with Crippen molar-refractivity contribution in [2.75, 3.05) is 6.79 Å². The molecule has 3 aromatic rings. The number of thiocarbonyl (C=S) groups is 1. The summed E-state index contributed by atoms with van der Waals surface area (Å²) in [5.74, 6) is 1.66. The second-order valence-electron chi connectivity index (χ2n) is 9.49. The van der Waals surface area contributed by atoms with Gasteiger partial charge >= 0.3 is 0 Å². The van der Waals surface area contributed by atoms with Gasteiger partial charge < -0.3 is 19.4 Å². The lowest BCUT2D eigenvalue weighted by molar-refractivity contribution is -0.130. The maximum absolute atomic E-state index is 13.8. The van der Waals surface area contributed by atoms with Crippen molar-refractivity contribution in [2.24, 2.45) is 0 Å². The van der Waals surface area contributed by atoms with Crippen LogP contribution in [0.5, 0.6) is 11.5 Å². The van der Waals surface area contributed by atoms with Crippen molar-refractivity contribution in [2.45, 2.75) is 56.7 Å². The first-order valence-electron chi connectivity index (χ1n) is 11.8. The number of hydrogen-bond acceptors (Lipinski definition) is 4. The third kappa shape index (κ3) is 2.78. The third-order valence-corrected chi connectivity index (χ3v) is 8.14. The number of H-pyrrole nitrogens is 1. The summed E-state index contributed by atoms with van der Waals surface area (Å²) in [4.78, 5) is 21.6. The van der Waals surface area contributed by atoms with E-state index in [1.807, 2.05) is 23.1 Å². The number of nitrogens with zero attached hydrogens (tertiary/aromatic N) is 2. The van der Waals surface area contributed by atoms with Crippen LogP contribution in [0, 0.1) is 0 Å². The highest BCUT2D eigenvalue weighted by Gasteiger charge is 2.52. The Balaban J connectivity index is 1.39. The van der Waals surface area contributed by atoms with Crippen LogP contribution in [-0.4, -0.2) is 44.7 Å². The van der Waals surface area contributed by atoms with Crippen molar-refractivity contribution in [1.82, 2.24) is 14.8 Å². The molecule has 1 aromatic heterocycles. The van der Waals surface area contributed by atoms with Gasteiger partial charge in [0.05, 0.1) is 6.04 Å². The van der Waals surface area contributed by atoms with E-state index in [4.69, 9.17) is 21.7 Å². The zero-order valence-corrected chi connectivity index (χ0v) is 19.1. The van der Waals surface area contributed by atoms with Crippen molar-refractivity contribution in [3.8, 4) is 11.5 Å². The van der Waals surface area contributed by atoms with Gasteiger partial charge in [0, 0.05) is 29.1 Å². The molecule has 1 saturated heterocycles. The number of aromatic nitrogens is 1. The molecule has 33 heavy (non-hydrogen) atoms. The molecule has 2 fully saturated rings. The van der Waals surface area contributed by atoms with Gasteiger partial charge in [-0.3, -0.25) is 9.69 Å². The molecule has 2 atom stereocenters. The molecule has 1 N–H and O–H groups in total. The fourth-order valence-corrected chi connectivity index (χ4v) is 6.67. The molecule has 7 heteroatoms. The molecule has 4 aliphatic rings. The molecule has 3 aliphatic heterocycles. The van der Waals surface area contributed by atoms with E-state index in [2.05, 4.69) is 34.1 Å². The van der Waals surface area contributed by atoms with Gasteiger partial charge in [-0.15, -0.1) is 0 Å². The Bertz CT molecular complexity index is 1300. The lowest BCUT2D eigenvalue weighted by Gasteiger charge is -2.38. The van der Waals surface area contributed by atoms with Gasteiger partial charge in [0.15, 0.2) is 16.6 Å². The zero-order valence-electron chi connectivity index (χ0n) is 18.3. The standard InChI is InChI=1S/C26H25N3O3S/c30-25-20-13-18-17-8-4-5-9-19(17)27-23(18)24(15-10-11-21-22(12-15)32-14-31-21)29(20)26(33)28(25)16-6-2-1-3-7-16/h4-5,8-12,16,20,24,27H,1-3,6-7,13-14H2. The number of benzene rings is 2. The molecule has 1 saturated carbocycles. The quantitative estimate of drug-likeness (QED) is 0.565. The van der Waals surface area contributed by atoms with Crippen molar-refractivity contribution >= 4 is 34.1 Å². The topological polar surface area (TPSA) is 57.8 Å². The smallest absolute Gasteiger partial charge is 0.252 e. The summed E-state index contributed by atoms with van der Waals surface area (Å²) in [5.41, 5.74) is 4.48. The second kappa shape index (κ2) is 7.22. The molecule has 0 bridgehead atoms. The van der Waals surface area contributed by atoms with E-state index in [-0.39, 0.29) is 30.8 Å². The summed E-state index contributed by atoms with van der Waals surface area (Å²) in [5, 5.41) is 1.86. The van der Waals surface area contributed by atoms with E-state index in [1.54, 1.807) is 0 Å². The number of para-hydroxylation sites is 1. The van der Waals surface area contributed by atoms with Crippen molar-refractivity contribution in [3.63, 3.8) is 0 Å². The first kappa shape index (κ1) is 19.4. The monoisotopic (exact) mass is 459 g/mol. The van der Waals surface area contributed by atoms with Crippen LogP contribution in [0.25, 0.3) is 10.9 Å². The SMILES string of the molecule is O=C1C2Cc3c([nH]c4ccccc34)C(c3ccc4c(c3)OCO4)N2C(=S)N1C1CCCCC1. The highest BCUT2D eigenvalue weighted by molar-refractivity contribution is 7.80. The Labute approximate surface area is 197 Å². The predicted octanol–water partition coefficient (Wildman–Crippen LogP) is 4.67. The van der Waals surface area contributed by atoms with E-state index in [0.29, 0.717) is 11.5 Å². The Kier molecular flexibility index (Phi) is 4.25. The fraction of sp³-hybridized carbons (Fsp3) is 0.385. The number of ether oxygens (including phenoxy) is 2. The molecule has 7 rings (SSSR count). The number of rotatable bonds is 2. The molecular weight excluding hydrogens is 434 g/mol. The highest BCUT2D eigenvalue weighted by Crippen LogP contribution is 2.47. The first-order valence-corrected chi connectivity index (χ1v) is 12.3. The van der Waals surface area contributed by atoms with Gasteiger partial charge in [-0.25, -0.2) is 0 Å². The van der Waals surface area contributed by atoms with Crippen LogP contribution in [0.3, 0.4) is 0 Å². The third-order valence-electron chi connectivity index (χ3n) is 7.73. The molecule has 4 heterocycles. The fourth-order valence-electron chi connectivity index (χ4n) is 6.20. The van der Waals surface area contributed by atoms with E-state index in [0.717, 1.165) is 54.0 Å². The van der Waals surface area contributed by atoms with Crippen LogP contribution in [-0.2, 0) is 11.2 Å². The van der Waals surface area contributed by atoms with Crippen molar-refractivity contribution in [1.29, 1.82) is 0 Å². The minimum absolute atomic E-state index is 0.161. The first-order chi connectivity index (χ1) is 16.2. The summed E-state index contributed by atoms with van der Waals surface area (Å²) in [6.07, 6.45) is 6.32. The highest BCUT2D eigenvalue weighted by atomic mass is 32.1. The van der Waals surface area contributed by atoms with Crippen LogP contribution in [0.2, 0.25) is 0 Å². The largest absolute Gasteiger partial charge is 0.454 e. The molecule has 2 unspecified atom stereocenters. The Hall–Kier alpha value is -3.06. The maximum atomic E-state index is 13.8. The Morgan fingerprint density at radius 3 is 2.70 bits per heavy atom. The number of hydrogen-bond donors (Lipinski definition) is 1. The van der Waals surface area contributed by atoms with Crippen LogP contribution >= 0.6 is 12.2 Å². The number of carbonyl (C=O) groups is 1. The summed E-state index contributed by atoms with van der Waals surface area (Å²) >= 11 is 6.04. The molecule has 1 amide bonds. The molecule has 6 nitrogen and oxygen atoms in total.